The Labute approximate surface area is 175 Å². The van der Waals surface area contributed by atoms with E-state index in [0.717, 1.165) is 5.56 Å². The van der Waals surface area contributed by atoms with Crippen LogP contribution in [0, 0.1) is 5.92 Å². The van der Waals surface area contributed by atoms with Crippen LogP contribution >= 0.6 is 0 Å². The van der Waals surface area contributed by atoms with Crippen LogP contribution in [0.15, 0.2) is 42.5 Å². The van der Waals surface area contributed by atoms with E-state index < -0.39 is 29.9 Å². The molecule has 30 heavy (non-hydrogen) atoms. The second-order valence-electron chi connectivity index (χ2n) is 7.37. The summed E-state index contributed by atoms with van der Waals surface area (Å²) in [7, 11) is 1.24. The molecule has 0 saturated heterocycles. The van der Waals surface area contributed by atoms with Crippen molar-refractivity contribution in [1.29, 1.82) is 0 Å². The molecule has 160 valence electrons. The maximum Gasteiger partial charge on any atom is 0.354 e. The number of benzene rings is 1. The van der Waals surface area contributed by atoms with Crippen molar-refractivity contribution in [1.82, 2.24) is 15.6 Å². The maximum atomic E-state index is 12.8. The number of esters is 1. The van der Waals surface area contributed by atoms with Crippen LogP contribution in [-0.2, 0) is 20.7 Å². The molecule has 2 amide bonds. The molecule has 2 rings (SSSR count). The highest BCUT2D eigenvalue weighted by Crippen LogP contribution is 2.09. The molecule has 1 unspecified atom stereocenters. The largest absolute Gasteiger partial charge is 0.464 e. The zero-order chi connectivity index (χ0) is 22.1. The first-order valence-electron chi connectivity index (χ1n) is 9.71. The smallest absolute Gasteiger partial charge is 0.354 e. The third kappa shape index (κ3) is 6.58. The SMILES string of the molecule is COC(=O)c1ccc(C(=O)N[C@@H](CC(C)C)C(=O)NC(C=O)Cc2ccccc2)[nH]1. The molecule has 0 fully saturated rings. The first kappa shape index (κ1) is 22.9. The predicted octanol–water partition coefficient (Wildman–Crippen LogP) is 1.87. The third-order valence-corrected chi connectivity index (χ3v) is 4.46. The van der Waals surface area contributed by atoms with Crippen molar-refractivity contribution < 1.29 is 23.9 Å². The van der Waals surface area contributed by atoms with Gasteiger partial charge in [0.25, 0.3) is 5.91 Å². The summed E-state index contributed by atoms with van der Waals surface area (Å²) in [6.07, 6.45) is 1.43. The Hall–Kier alpha value is -3.42. The van der Waals surface area contributed by atoms with Crippen molar-refractivity contribution in [3.63, 3.8) is 0 Å². The molecule has 0 radical (unpaired) electrons. The summed E-state index contributed by atoms with van der Waals surface area (Å²) in [5, 5.41) is 5.38. The van der Waals surface area contributed by atoms with Crippen LogP contribution in [-0.4, -0.2) is 48.2 Å². The number of methoxy groups -OCH3 is 1. The third-order valence-electron chi connectivity index (χ3n) is 4.46. The van der Waals surface area contributed by atoms with Crippen LogP contribution in [0.4, 0.5) is 0 Å². The molecule has 3 N–H and O–H groups in total. The van der Waals surface area contributed by atoms with Crippen molar-refractivity contribution in [3.05, 3.63) is 59.4 Å². The summed E-state index contributed by atoms with van der Waals surface area (Å²) in [5.41, 5.74) is 1.19. The van der Waals surface area contributed by atoms with Gasteiger partial charge in [0.05, 0.1) is 13.2 Å². The fourth-order valence-electron chi connectivity index (χ4n) is 2.98. The molecular formula is C22H27N3O5. The lowest BCUT2D eigenvalue weighted by Gasteiger charge is -2.22. The summed E-state index contributed by atoms with van der Waals surface area (Å²) < 4.78 is 4.61. The average Bonchev–Trinajstić information content (AvgIpc) is 3.23. The summed E-state index contributed by atoms with van der Waals surface area (Å²) in [5.74, 6) is -1.44. The van der Waals surface area contributed by atoms with Crippen molar-refractivity contribution in [2.75, 3.05) is 7.11 Å². The van der Waals surface area contributed by atoms with Crippen LogP contribution in [0.25, 0.3) is 0 Å². The lowest BCUT2D eigenvalue weighted by atomic mass is 10.0. The minimum absolute atomic E-state index is 0.124. The molecule has 0 spiro atoms. The fraction of sp³-hybridized carbons (Fsp3) is 0.364. The van der Waals surface area contributed by atoms with Crippen molar-refractivity contribution in [2.24, 2.45) is 5.92 Å². The van der Waals surface area contributed by atoms with E-state index in [9.17, 15) is 19.2 Å². The highest BCUT2D eigenvalue weighted by atomic mass is 16.5. The van der Waals surface area contributed by atoms with E-state index >= 15 is 0 Å². The first-order chi connectivity index (χ1) is 14.3. The van der Waals surface area contributed by atoms with Gasteiger partial charge in [0.15, 0.2) is 0 Å². The minimum atomic E-state index is -0.833. The molecule has 1 heterocycles. The molecule has 0 aliphatic carbocycles. The molecule has 1 aromatic carbocycles. The number of hydrogen-bond donors (Lipinski definition) is 3. The average molecular weight is 413 g/mol. The molecule has 0 aliphatic rings. The van der Waals surface area contributed by atoms with E-state index in [0.29, 0.717) is 19.1 Å². The predicted molar refractivity (Wildman–Crippen MR) is 111 cm³/mol. The number of ether oxygens (including phenoxy) is 1. The number of rotatable bonds is 10. The normalized spacial score (nSPS) is 12.7. The van der Waals surface area contributed by atoms with Gasteiger partial charge in [0.1, 0.15) is 23.7 Å². The highest BCUT2D eigenvalue weighted by molar-refractivity contribution is 5.98. The van der Waals surface area contributed by atoms with Crippen molar-refractivity contribution in [2.45, 2.75) is 38.8 Å². The summed E-state index contributed by atoms with van der Waals surface area (Å²) >= 11 is 0. The lowest BCUT2D eigenvalue weighted by Crippen LogP contribution is -2.51. The Morgan fingerprint density at radius 3 is 2.30 bits per heavy atom. The molecule has 1 aromatic heterocycles. The van der Waals surface area contributed by atoms with Crippen LogP contribution in [0.3, 0.4) is 0 Å². The Morgan fingerprint density at radius 2 is 1.70 bits per heavy atom. The highest BCUT2D eigenvalue weighted by Gasteiger charge is 2.25. The zero-order valence-electron chi connectivity index (χ0n) is 17.3. The minimum Gasteiger partial charge on any atom is -0.464 e. The van der Waals surface area contributed by atoms with Gasteiger partial charge in [-0.3, -0.25) is 9.59 Å². The van der Waals surface area contributed by atoms with Crippen molar-refractivity contribution in [3.8, 4) is 0 Å². The lowest BCUT2D eigenvalue weighted by molar-refractivity contribution is -0.126. The van der Waals surface area contributed by atoms with Gasteiger partial charge < -0.3 is 25.1 Å². The van der Waals surface area contributed by atoms with Crippen LogP contribution in [0.5, 0.6) is 0 Å². The number of aldehydes is 1. The zero-order valence-corrected chi connectivity index (χ0v) is 17.3. The van der Waals surface area contributed by atoms with E-state index in [-0.39, 0.29) is 17.3 Å². The Morgan fingerprint density at radius 1 is 1.03 bits per heavy atom. The van der Waals surface area contributed by atoms with Crippen LogP contribution in [0.1, 0.15) is 46.8 Å². The Balaban J connectivity index is 2.06. The summed E-state index contributed by atoms with van der Waals surface area (Å²) in [4.78, 5) is 51.1. The molecule has 8 heteroatoms. The number of carbonyl (C=O) groups is 4. The van der Waals surface area contributed by atoms with E-state index in [1.54, 1.807) is 0 Å². The fourth-order valence-corrected chi connectivity index (χ4v) is 2.98. The standard InChI is InChI=1S/C22H27N3O5/c1-14(2)11-19(25-20(27)17-9-10-18(24-17)22(29)30-3)21(28)23-16(13-26)12-15-7-5-4-6-8-15/h4-10,13-14,16,19,24H,11-12H2,1-3H3,(H,23,28)(H,25,27)/t16?,19-/m0/s1. The number of aromatic amines is 1. The first-order valence-corrected chi connectivity index (χ1v) is 9.71. The van der Waals surface area contributed by atoms with Crippen molar-refractivity contribution >= 4 is 24.1 Å². The van der Waals surface area contributed by atoms with E-state index in [1.807, 2.05) is 44.2 Å². The summed E-state index contributed by atoms with van der Waals surface area (Å²) in [6, 6.07) is 10.7. The number of nitrogens with one attached hydrogen (secondary N) is 3. The van der Waals surface area contributed by atoms with E-state index in [1.165, 1.54) is 19.2 Å². The van der Waals surface area contributed by atoms with Gasteiger partial charge in [-0.15, -0.1) is 0 Å². The van der Waals surface area contributed by atoms with E-state index in [2.05, 4.69) is 20.4 Å². The van der Waals surface area contributed by atoms with Gasteiger partial charge in [0.2, 0.25) is 5.91 Å². The van der Waals surface area contributed by atoms with Gasteiger partial charge in [-0.05, 0) is 36.5 Å². The number of H-pyrrole nitrogens is 1. The van der Waals surface area contributed by atoms with E-state index in [4.69, 9.17) is 0 Å². The Bertz CT molecular complexity index is 876. The number of aromatic nitrogens is 1. The molecule has 2 aromatic rings. The van der Waals surface area contributed by atoms with Crippen LogP contribution in [0.2, 0.25) is 0 Å². The topological polar surface area (TPSA) is 117 Å². The Kier molecular flexibility index (Phi) is 8.34. The molecule has 0 saturated carbocycles. The molecule has 8 nitrogen and oxygen atoms in total. The quantitative estimate of drug-likeness (QED) is 0.406. The molecule has 0 aliphatic heterocycles. The van der Waals surface area contributed by atoms with Gasteiger partial charge >= 0.3 is 5.97 Å². The maximum absolute atomic E-state index is 12.8. The second kappa shape index (κ2) is 10.9. The van der Waals surface area contributed by atoms with Gasteiger partial charge in [-0.25, -0.2) is 4.79 Å². The number of carbonyl (C=O) groups excluding carboxylic acids is 4. The second-order valence-corrected chi connectivity index (χ2v) is 7.37. The number of hydrogen-bond acceptors (Lipinski definition) is 5. The van der Waals surface area contributed by atoms with Crippen LogP contribution < -0.4 is 10.6 Å². The molecule has 2 atom stereocenters. The summed E-state index contributed by atoms with van der Waals surface area (Å²) in [6.45, 7) is 3.86. The van der Waals surface area contributed by atoms with Gasteiger partial charge in [-0.2, -0.15) is 0 Å². The molecular weight excluding hydrogens is 386 g/mol. The van der Waals surface area contributed by atoms with Gasteiger partial charge in [-0.1, -0.05) is 44.2 Å². The van der Waals surface area contributed by atoms with Gasteiger partial charge in [0, 0.05) is 0 Å². The number of amides is 2. The molecule has 0 bridgehead atoms. The monoisotopic (exact) mass is 413 g/mol.